The standard InChI is InChI=1S/C25H24F3N5O2/c1-4-20-14(2)23(35)33-22(18-7-5-6-8-19(18)29)15(3)32(24(33)31-20)13-21(34)30-17-11-9-16(10-12-17)25(26,27)28/h5-12H,4,13,29H2,1-3H3,(H,30,34). The molecule has 0 fully saturated rings. The van der Waals surface area contributed by atoms with Crippen LogP contribution in [0.2, 0.25) is 0 Å². The Morgan fingerprint density at radius 2 is 1.74 bits per heavy atom. The van der Waals surface area contributed by atoms with E-state index in [1.165, 1.54) is 16.5 Å². The van der Waals surface area contributed by atoms with E-state index in [1.807, 2.05) is 6.92 Å². The zero-order valence-corrected chi connectivity index (χ0v) is 19.4. The van der Waals surface area contributed by atoms with E-state index in [-0.39, 0.29) is 23.6 Å². The number of alkyl halides is 3. The number of fused-ring (bicyclic) bond motifs is 1. The molecule has 0 atom stereocenters. The monoisotopic (exact) mass is 483 g/mol. The first-order valence-corrected chi connectivity index (χ1v) is 11.0. The van der Waals surface area contributed by atoms with Gasteiger partial charge in [-0.25, -0.2) is 9.38 Å². The largest absolute Gasteiger partial charge is 0.416 e. The van der Waals surface area contributed by atoms with Crippen LogP contribution < -0.4 is 16.6 Å². The van der Waals surface area contributed by atoms with E-state index in [9.17, 15) is 22.8 Å². The molecule has 3 N–H and O–H groups in total. The Morgan fingerprint density at radius 3 is 2.34 bits per heavy atom. The number of hydrogen-bond acceptors (Lipinski definition) is 4. The number of aromatic nitrogens is 3. The van der Waals surface area contributed by atoms with E-state index in [0.717, 1.165) is 12.1 Å². The van der Waals surface area contributed by atoms with Gasteiger partial charge in [-0.05, 0) is 50.6 Å². The first-order valence-electron chi connectivity index (χ1n) is 11.0. The van der Waals surface area contributed by atoms with E-state index in [0.29, 0.717) is 40.3 Å². The number of nitrogen functional groups attached to an aromatic ring is 1. The number of nitrogens with zero attached hydrogens (tertiary/aromatic N) is 3. The molecule has 2 aromatic carbocycles. The first kappa shape index (κ1) is 24.1. The third-order valence-electron chi connectivity index (χ3n) is 5.95. The van der Waals surface area contributed by atoms with Gasteiger partial charge < -0.3 is 15.6 Å². The third kappa shape index (κ3) is 4.39. The average molecular weight is 483 g/mol. The molecular formula is C25H24F3N5O2. The molecule has 1 amide bonds. The van der Waals surface area contributed by atoms with Gasteiger partial charge in [-0.2, -0.15) is 13.2 Å². The number of nitrogens with two attached hydrogens (primary N) is 1. The van der Waals surface area contributed by atoms with Crippen LogP contribution in [0.3, 0.4) is 0 Å². The molecule has 0 saturated carbocycles. The summed E-state index contributed by atoms with van der Waals surface area (Å²) in [5, 5.41) is 2.61. The van der Waals surface area contributed by atoms with E-state index in [4.69, 9.17) is 5.73 Å². The number of hydrogen-bond donors (Lipinski definition) is 2. The summed E-state index contributed by atoms with van der Waals surface area (Å²) < 4.78 is 41.5. The number of benzene rings is 2. The zero-order valence-electron chi connectivity index (χ0n) is 19.4. The second-order valence-electron chi connectivity index (χ2n) is 8.21. The van der Waals surface area contributed by atoms with Gasteiger partial charge in [0.2, 0.25) is 11.7 Å². The Kier molecular flexibility index (Phi) is 6.14. The van der Waals surface area contributed by atoms with Gasteiger partial charge in [0.1, 0.15) is 6.54 Å². The molecular weight excluding hydrogens is 459 g/mol. The van der Waals surface area contributed by atoms with Gasteiger partial charge in [0.25, 0.3) is 5.56 Å². The number of para-hydroxylation sites is 1. The van der Waals surface area contributed by atoms with Gasteiger partial charge in [-0.1, -0.05) is 25.1 Å². The minimum Gasteiger partial charge on any atom is -0.398 e. The molecule has 0 bridgehead atoms. The van der Waals surface area contributed by atoms with Gasteiger partial charge in [0, 0.05) is 28.2 Å². The van der Waals surface area contributed by atoms with Crippen molar-refractivity contribution in [2.45, 2.75) is 39.9 Å². The lowest BCUT2D eigenvalue weighted by molar-refractivity contribution is -0.137. The van der Waals surface area contributed by atoms with Crippen LogP contribution in [0, 0.1) is 13.8 Å². The van der Waals surface area contributed by atoms with E-state index in [2.05, 4.69) is 10.3 Å². The normalized spacial score (nSPS) is 11.7. The lowest BCUT2D eigenvalue weighted by atomic mass is 10.1. The van der Waals surface area contributed by atoms with Gasteiger partial charge in [-0.3, -0.25) is 9.59 Å². The maximum absolute atomic E-state index is 13.3. The van der Waals surface area contributed by atoms with Crippen LogP contribution in [-0.4, -0.2) is 19.9 Å². The molecule has 4 aromatic rings. The third-order valence-corrected chi connectivity index (χ3v) is 5.95. The van der Waals surface area contributed by atoms with Crippen molar-refractivity contribution in [1.82, 2.24) is 14.0 Å². The Balaban J connectivity index is 1.79. The van der Waals surface area contributed by atoms with Crippen LogP contribution in [-0.2, 0) is 23.9 Å². The highest BCUT2D eigenvalue weighted by molar-refractivity contribution is 5.91. The smallest absolute Gasteiger partial charge is 0.398 e. The lowest BCUT2D eigenvalue weighted by Crippen LogP contribution is -2.23. The molecule has 0 saturated heterocycles. The molecule has 0 spiro atoms. The van der Waals surface area contributed by atoms with E-state index < -0.39 is 17.6 Å². The van der Waals surface area contributed by atoms with Crippen LogP contribution in [0.1, 0.15) is 29.4 Å². The van der Waals surface area contributed by atoms with Crippen LogP contribution in [0.5, 0.6) is 0 Å². The van der Waals surface area contributed by atoms with Crippen LogP contribution >= 0.6 is 0 Å². The van der Waals surface area contributed by atoms with Crippen molar-refractivity contribution in [3.05, 3.63) is 81.4 Å². The summed E-state index contributed by atoms with van der Waals surface area (Å²) in [6, 6.07) is 11.3. The summed E-state index contributed by atoms with van der Waals surface area (Å²) in [4.78, 5) is 30.9. The van der Waals surface area contributed by atoms with Gasteiger partial charge >= 0.3 is 6.18 Å². The summed E-state index contributed by atoms with van der Waals surface area (Å²) in [7, 11) is 0. The van der Waals surface area contributed by atoms with Crippen LogP contribution in [0.25, 0.3) is 17.0 Å². The molecule has 10 heteroatoms. The number of carbonyl (C=O) groups is 1. The highest BCUT2D eigenvalue weighted by Gasteiger charge is 2.30. The maximum Gasteiger partial charge on any atom is 0.416 e. The van der Waals surface area contributed by atoms with Gasteiger partial charge in [0.15, 0.2) is 0 Å². The fraction of sp³-hybridized carbons (Fsp3) is 0.240. The second-order valence-corrected chi connectivity index (χ2v) is 8.21. The van der Waals surface area contributed by atoms with Crippen LogP contribution in [0.15, 0.2) is 53.3 Å². The quantitative estimate of drug-likeness (QED) is 0.406. The number of rotatable bonds is 5. The maximum atomic E-state index is 13.3. The van der Waals surface area contributed by atoms with Crippen LogP contribution in [0.4, 0.5) is 24.5 Å². The van der Waals surface area contributed by atoms with E-state index >= 15 is 0 Å². The van der Waals surface area contributed by atoms with Crippen molar-refractivity contribution < 1.29 is 18.0 Å². The average Bonchev–Trinajstić information content (AvgIpc) is 3.07. The number of amides is 1. The molecule has 0 aliphatic heterocycles. The molecule has 2 heterocycles. The van der Waals surface area contributed by atoms with Crippen molar-refractivity contribution >= 4 is 23.1 Å². The summed E-state index contributed by atoms with van der Waals surface area (Å²) in [5.74, 6) is -0.193. The summed E-state index contributed by atoms with van der Waals surface area (Å²) in [5.41, 5.74) is 8.72. The van der Waals surface area contributed by atoms with Gasteiger partial charge in [0.05, 0.1) is 17.0 Å². The molecule has 0 aliphatic rings. The fourth-order valence-electron chi connectivity index (χ4n) is 4.11. The molecule has 0 unspecified atom stereocenters. The number of carbonyl (C=O) groups excluding carboxylic acids is 1. The molecule has 7 nitrogen and oxygen atoms in total. The predicted molar refractivity (Wildman–Crippen MR) is 128 cm³/mol. The summed E-state index contributed by atoms with van der Waals surface area (Å²) >= 11 is 0. The zero-order chi connectivity index (χ0) is 25.5. The Labute approximate surface area is 199 Å². The van der Waals surface area contributed by atoms with Crippen molar-refractivity contribution in [3.63, 3.8) is 0 Å². The summed E-state index contributed by atoms with van der Waals surface area (Å²) in [6.45, 7) is 5.16. The van der Waals surface area contributed by atoms with E-state index in [1.54, 1.807) is 42.7 Å². The van der Waals surface area contributed by atoms with Gasteiger partial charge in [-0.15, -0.1) is 0 Å². The second kappa shape index (κ2) is 8.94. The van der Waals surface area contributed by atoms with Crippen molar-refractivity contribution in [3.8, 4) is 11.3 Å². The highest BCUT2D eigenvalue weighted by atomic mass is 19.4. The number of imidazole rings is 1. The minimum absolute atomic E-state index is 0.207. The van der Waals surface area contributed by atoms with Crippen molar-refractivity contribution in [1.29, 1.82) is 0 Å². The SMILES string of the molecule is CCc1nc2n(CC(=O)Nc3ccc(C(F)(F)F)cc3)c(C)c(-c3ccccc3N)n2c(=O)c1C. The molecule has 35 heavy (non-hydrogen) atoms. The first-order chi connectivity index (χ1) is 16.5. The number of aryl methyl sites for hydroxylation is 1. The van der Waals surface area contributed by atoms with Crippen molar-refractivity contribution in [2.24, 2.45) is 0 Å². The Hall–Kier alpha value is -4.08. The topological polar surface area (TPSA) is 94.4 Å². The number of nitrogens with one attached hydrogen (secondary N) is 1. The number of halogens is 3. The molecule has 0 radical (unpaired) electrons. The number of anilines is 2. The fourth-order valence-corrected chi connectivity index (χ4v) is 4.11. The Bertz CT molecular complexity index is 1480. The molecule has 0 aliphatic carbocycles. The van der Waals surface area contributed by atoms with Crippen molar-refractivity contribution in [2.75, 3.05) is 11.1 Å². The Morgan fingerprint density at radius 1 is 1.09 bits per heavy atom. The predicted octanol–water partition coefficient (Wildman–Crippen LogP) is 4.58. The molecule has 182 valence electrons. The highest BCUT2D eigenvalue weighted by Crippen LogP contribution is 2.31. The minimum atomic E-state index is -4.46. The lowest BCUT2D eigenvalue weighted by Gasteiger charge is -2.11. The summed E-state index contributed by atoms with van der Waals surface area (Å²) in [6.07, 6.45) is -3.93. The molecule has 2 aromatic heterocycles. The molecule has 4 rings (SSSR count).